The van der Waals surface area contributed by atoms with Crippen LogP contribution in [0.3, 0.4) is 0 Å². The van der Waals surface area contributed by atoms with E-state index in [1.807, 2.05) is 18.8 Å². The molecule has 1 aromatic rings. The summed E-state index contributed by atoms with van der Waals surface area (Å²) in [6, 6.07) is 0. The normalized spacial score (nSPS) is 29.0. The molecule has 1 saturated carbocycles. The lowest BCUT2D eigenvalue weighted by atomic mass is 9.72. The Balaban J connectivity index is 1.64. The van der Waals surface area contributed by atoms with Crippen molar-refractivity contribution in [1.82, 2.24) is 25.2 Å². The highest BCUT2D eigenvalue weighted by Gasteiger charge is 2.46. The minimum atomic E-state index is 0.135. The van der Waals surface area contributed by atoms with Gasteiger partial charge < -0.3 is 10.1 Å². The SMILES string of the molecule is CNCCN(C)Cc1nnn(C)c1[C@H]1CC[C@@]2(CC1)CC(C)(C)CO2. The van der Waals surface area contributed by atoms with E-state index in [1.54, 1.807) is 0 Å². The Morgan fingerprint density at radius 2 is 2.04 bits per heavy atom. The Hall–Kier alpha value is -0.980. The summed E-state index contributed by atoms with van der Waals surface area (Å²) in [5.41, 5.74) is 2.95. The molecule has 25 heavy (non-hydrogen) atoms. The lowest BCUT2D eigenvalue weighted by Gasteiger charge is -2.37. The molecule has 2 heterocycles. The number of nitrogens with zero attached hydrogens (tertiary/aromatic N) is 4. The van der Waals surface area contributed by atoms with E-state index in [-0.39, 0.29) is 5.60 Å². The average molecular weight is 350 g/mol. The molecule has 1 aromatic heterocycles. The van der Waals surface area contributed by atoms with Gasteiger partial charge in [0, 0.05) is 32.6 Å². The first-order valence-corrected chi connectivity index (χ1v) is 9.70. The van der Waals surface area contributed by atoms with Gasteiger partial charge in [-0.25, -0.2) is 0 Å². The van der Waals surface area contributed by atoms with Crippen molar-refractivity contribution >= 4 is 0 Å². The van der Waals surface area contributed by atoms with Crippen LogP contribution < -0.4 is 5.32 Å². The first kappa shape index (κ1) is 18.8. The van der Waals surface area contributed by atoms with Crippen LogP contribution in [0.15, 0.2) is 0 Å². The van der Waals surface area contributed by atoms with Gasteiger partial charge in [0.15, 0.2) is 0 Å². The third kappa shape index (κ3) is 4.23. The summed E-state index contributed by atoms with van der Waals surface area (Å²) >= 11 is 0. The maximum atomic E-state index is 6.28. The fraction of sp³-hybridized carbons (Fsp3) is 0.895. The summed E-state index contributed by atoms with van der Waals surface area (Å²) in [6.45, 7) is 8.45. The largest absolute Gasteiger partial charge is 0.374 e. The molecule has 1 aliphatic carbocycles. The molecule has 0 aromatic carbocycles. The molecule has 142 valence electrons. The third-order valence-corrected chi connectivity index (χ3v) is 5.96. The van der Waals surface area contributed by atoms with Gasteiger partial charge in [-0.15, -0.1) is 5.10 Å². The van der Waals surface area contributed by atoms with Crippen molar-refractivity contribution in [3.05, 3.63) is 11.4 Å². The van der Waals surface area contributed by atoms with E-state index in [0.717, 1.165) is 31.9 Å². The highest BCUT2D eigenvalue weighted by atomic mass is 16.5. The molecule has 1 spiro atoms. The second-order valence-corrected chi connectivity index (χ2v) is 8.97. The fourth-order valence-corrected chi connectivity index (χ4v) is 4.72. The minimum absolute atomic E-state index is 0.135. The van der Waals surface area contributed by atoms with Crippen LogP contribution in [0, 0.1) is 5.41 Å². The van der Waals surface area contributed by atoms with Crippen molar-refractivity contribution in [2.75, 3.05) is 33.8 Å². The Bertz CT molecular complexity index is 574. The quantitative estimate of drug-likeness (QED) is 0.854. The fourth-order valence-electron chi connectivity index (χ4n) is 4.72. The van der Waals surface area contributed by atoms with Crippen molar-refractivity contribution in [3.63, 3.8) is 0 Å². The molecular formula is C19H35N5O. The van der Waals surface area contributed by atoms with Gasteiger partial charge in [-0.1, -0.05) is 19.1 Å². The predicted octanol–water partition coefficient (Wildman–Crippen LogP) is 2.31. The number of rotatable bonds is 6. The molecular weight excluding hydrogens is 314 g/mol. The van der Waals surface area contributed by atoms with E-state index in [2.05, 4.69) is 41.4 Å². The topological polar surface area (TPSA) is 55.2 Å². The second-order valence-electron chi connectivity index (χ2n) is 8.97. The second kappa shape index (κ2) is 7.33. The van der Waals surface area contributed by atoms with Crippen molar-refractivity contribution < 1.29 is 4.74 Å². The molecule has 1 saturated heterocycles. The molecule has 6 heteroatoms. The van der Waals surface area contributed by atoms with E-state index in [0.29, 0.717) is 11.3 Å². The van der Waals surface area contributed by atoms with Crippen molar-refractivity contribution in [2.45, 2.75) is 64.0 Å². The first-order chi connectivity index (χ1) is 11.8. The standard InChI is InChI=1S/C19H35N5O/c1-18(2)13-19(25-14-18)8-6-15(7-9-19)17-16(21-22-24(17)5)12-23(4)11-10-20-3/h15,20H,6-14H2,1-5H3/t15-,19+. The molecule has 0 amide bonds. The molecule has 0 unspecified atom stereocenters. The van der Waals surface area contributed by atoms with Crippen molar-refractivity contribution in [1.29, 1.82) is 0 Å². The molecule has 2 aliphatic rings. The highest BCUT2D eigenvalue weighted by Crippen LogP contribution is 2.49. The van der Waals surface area contributed by atoms with Crippen LogP contribution in [0.4, 0.5) is 0 Å². The van der Waals surface area contributed by atoms with Gasteiger partial charge in [0.05, 0.1) is 17.9 Å². The van der Waals surface area contributed by atoms with Crippen LogP contribution in [0.25, 0.3) is 0 Å². The zero-order valence-electron chi connectivity index (χ0n) is 16.6. The Morgan fingerprint density at radius 3 is 2.64 bits per heavy atom. The minimum Gasteiger partial charge on any atom is -0.374 e. The molecule has 0 radical (unpaired) electrons. The number of hydrogen-bond donors (Lipinski definition) is 1. The highest BCUT2D eigenvalue weighted by molar-refractivity contribution is 5.17. The molecule has 0 bridgehead atoms. The molecule has 6 nitrogen and oxygen atoms in total. The summed E-state index contributed by atoms with van der Waals surface area (Å²) in [6.07, 6.45) is 5.91. The van der Waals surface area contributed by atoms with Gasteiger partial charge in [0.1, 0.15) is 5.69 Å². The predicted molar refractivity (Wildman–Crippen MR) is 99.6 cm³/mol. The number of ether oxygens (including phenoxy) is 1. The lowest BCUT2D eigenvalue weighted by molar-refractivity contribution is -0.0298. The Labute approximate surface area is 152 Å². The average Bonchev–Trinajstić information content (AvgIpc) is 3.07. The van der Waals surface area contributed by atoms with E-state index < -0.39 is 0 Å². The van der Waals surface area contributed by atoms with Crippen LogP contribution in [0.2, 0.25) is 0 Å². The van der Waals surface area contributed by atoms with Gasteiger partial charge in [-0.3, -0.25) is 9.58 Å². The summed E-state index contributed by atoms with van der Waals surface area (Å²) in [7, 11) is 6.19. The summed E-state index contributed by atoms with van der Waals surface area (Å²) < 4.78 is 8.28. The van der Waals surface area contributed by atoms with Crippen molar-refractivity contribution in [2.24, 2.45) is 12.5 Å². The number of likely N-dealkylation sites (N-methyl/N-ethyl adjacent to an activating group) is 2. The monoisotopic (exact) mass is 349 g/mol. The Kier molecular flexibility index (Phi) is 5.51. The molecule has 1 aliphatic heterocycles. The molecule has 0 atom stereocenters. The van der Waals surface area contributed by atoms with E-state index in [4.69, 9.17) is 4.74 Å². The van der Waals surface area contributed by atoms with Gasteiger partial charge in [-0.05, 0) is 51.6 Å². The number of aromatic nitrogens is 3. The molecule has 2 fully saturated rings. The maximum Gasteiger partial charge on any atom is 0.100 e. The van der Waals surface area contributed by atoms with Crippen LogP contribution in [-0.4, -0.2) is 59.3 Å². The number of nitrogens with one attached hydrogen (secondary N) is 1. The third-order valence-electron chi connectivity index (χ3n) is 5.96. The van der Waals surface area contributed by atoms with Crippen LogP contribution in [0.5, 0.6) is 0 Å². The molecule has 1 N–H and O–H groups in total. The van der Waals surface area contributed by atoms with Gasteiger partial charge in [0.25, 0.3) is 0 Å². The number of hydrogen-bond acceptors (Lipinski definition) is 5. The smallest absolute Gasteiger partial charge is 0.100 e. The van der Waals surface area contributed by atoms with Gasteiger partial charge in [-0.2, -0.15) is 0 Å². The molecule has 3 rings (SSSR count). The zero-order valence-corrected chi connectivity index (χ0v) is 16.6. The Morgan fingerprint density at radius 1 is 1.32 bits per heavy atom. The lowest BCUT2D eigenvalue weighted by Crippen LogP contribution is -2.34. The van der Waals surface area contributed by atoms with Gasteiger partial charge in [0.2, 0.25) is 0 Å². The van der Waals surface area contributed by atoms with Crippen molar-refractivity contribution in [3.8, 4) is 0 Å². The van der Waals surface area contributed by atoms with Crippen LogP contribution >= 0.6 is 0 Å². The van der Waals surface area contributed by atoms with E-state index in [1.165, 1.54) is 37.8 Å². The first-order valence-electron chi connectivity index (χ1n) is 9.70. The van der Waals surface area contributed by atoms with Crippen LogP contribution in [0.1, 0.15) is 63.3 Å². The summed E-state index contributed by atoms with van der Waals surface area (Å²) in [5, 5.41) is 12.0. The zero-order chi connectivity index (χ0) is 18.1. The number of aryl methyl sites for hydroxylation is 1. The van der Waals surface area contributed by atoms with Gasteiger partial charge >= 0.3 is 0 Å². The summed E-state index contributed by atoms with van der Waals surface area (Å²) in [4.78, 5) is 2.32. The van der Waals surface area contributed by atoms with E-state index >= 15 is 0 Å². The summed E-state index contributed by atoms with van der Waals surface area (Å²) in [5.74, 6) is 0.561. The van der Waals surface area contributed by atoms with E-state index in [9.17, 15) is 0 Å². The van der Waals surface area contributed by atoms with Crippen LogP contribution in [-0.2, 0) is 18.3 Å². The maximum absolute atomic E-state index is 6.28.